The molecule has 0 aliphatic carbocycles. The number of nitro groups is 1. The second kappa shape index (κ2) is 9.94. The summed E-state index contributed by atoms with van der Waals surface area (Å²) in [6, 6.07) is 10.1. The number of aryl methyl sites for hydroxylation is 1. The van der Waals surface area contributed by atoms with Gasteiger partial charge in [-0.15, -0.1) is 0 Å². The molecule has 2 aromatic carbocycles. The average Bonchev–Trinajstić information content (AvgIpc) is 2.79. The molecule has 0 aliphatic rings. The largest absolute Gasteiger partial charge is 0.302 e. The minimum Gasteiger partial charge on any atom is -0.302 e. The molecule has 1 aromatic heterocycles. The Kier molecular flexibility index (Phi) is 7.26. The second-order valence-electron chi connectivity index (χ2n) is 6.82. The lowest BCUT2D eigenvalue weighted by molar-refractivity contribution is -0.384. The van der Waals surface area contributed by atoms with Gasteiger partial charge in [-0.1, -0.05) is 12.1 Å². The van der Waals surface area contributed by atoms with Gasteiger partial charge >= 0.3 is 0 Å². The predicted molar refractivity (Wildman–Crippen MR) is 117 cm³/mol. The molecule has 0 bridgehead atoms. The molecule has 1 N–H and O–H groups in total. The second-order valence-corrected chi connectivity index (χ2v) is 9.65. The average molecular weight is 491 g/mol. The number of carbonyl (C=O) groups excluding carboxylic acids is 1. The van der Waals surface area contributed by atoms with Gasteiger partial charge < -0.3 is 4.55 Å². The van der Waals surface area contributed by atoms with Crippen molar-refractivity contribution in [3.63, 3.8) is 0 Å². The van der Waals surface area contributed by atoms with E-state index in [1.807, 2.05) is 0 Å². The number of aromatic nitrogens is 2. The van der Waals surface area contributed by atoms with Crippen molar-refractivity contribution in [2.24, 2.45) is 0 Å². The van der Waals surface area contributed by atoms with E-state index in [1.165, 1.54) is 24.5 Å². The molecule has 3 aromatic rings. The first-order valence-corrected chi connectivity index (χ1v) is 11.9. The van der Waals surface area contributed by atoms with Crippen LogP contribution in [0, 0.1) is 17.0 Å². The highest BCUT2D eigenvalue weighted by atomic mass is 32.2. The molecule has 0 radical (unpaired) electrons. The van der Waals surface area contributed by atoms with Gasteiger partial charge in [0.15, 0.2) is 11.1 Å². The van der Waals surface area contributed by atoms with Crippen molar-refractivity contribution in [1.82, 2.24) is 14.3 Å². The van der Waals surface area contributed by atoms with Crippen molar-refractivity contribution in [3.05, 3.63) is 88.0 Å². The van der Waals surface area contributed by atoms with Crippen molar-refractivity contribution in [2.75, 3.05) is 6.54 Å². The lowest BCUT2D eigenvalue weighted by Crippen LogP contribution is -2.39. The number of amides is 1. The number of carbonyl (C=O) groups is 1. The van der Waals surface area contributed by atoms with Crippen LogP contribution >= 0.6 is 0 Å². The molecular weight excluding hydrogens is 472 g/mol. The number of nitrogens with zero attached hydrogens (tertiary/aromatic N) is 4. The third-order valence-corrected chi connectivity index (χ3v) is 7.06. The summed E-state index contributed by atoms with van der Waals surface area (Å²) < 4.78 is 47.4. The van der Waals surface area contributed by atoms with Gasteiger partial charge in [-0.25, -0.2) is 21.9 Å². The number of nitro benzene ring substituents is 1. The molecule has 11 nitrogen and oxygen atoms in total. The highest BCUT2D eigenvalue weighted by Crippen LogP contribution is 2.22. The maximum atomic E-state index is 13.3. The zero-order valence-electron chi connectivity index (χ0n) is 17.2. The quantitative estimate of drug-likeness (QED) is 0.284. The van der Waals surface area contributed by atoms with E-state index in [2.05, 4.69) is 9.97 Å². The van der Waals surface area contributed by atoms with Crippen molar-refractivity contribution in [3.8, 4) is 0 Å². The fraction of sp³-hybridized carbons (Fsp3) is 0.150. The molecule has 33 heavy (non-hydrogen) atoms. The minimum atomic E-state index is -4.39. The molecule has 0 saturated carbocycles. The van der Waals surface area contributed by atoms with Crippen molar-refractivity contribution in [1.29, 1.82) is 0 Å². The molecule has 0 aliphatic heterocycles. The third kappa shape index (κ3) is 5.63. The minimum absolute atomic E-state index is 0.107. The monoisotopic (exact) mass is 490 g/mol. The standard InChI is InChI=1S/C20H18N4O7S2/c1-14-12-22-19(13-21-14)20(25)23(11-10-15-2-6-17(7-3-15)32(28)29)33(30,31)18-8-4-16(5-9-18)24(26)27/h2-9,12-13H,10-11H2,1H3,(H,28,29). The number of rotatable bonds is 8. The van der Waals surface area contributed by atoms with Crippen LogP contribution in [-0.4, -0.2) is 48.8 Å². The van der Waals surface area contributed by atoms with Crippen LogP contribution in [0.25, 0.3) is 0 Å². The van der Waals surface area contributed by atoms with Gasteiger partial charge in [0.2, 0.25) is 0 Å². The van der Waals surface area contributed by atoms with Crippen LogP contribution in [0.2, 0.25) is 0 Å². The van der Waals surface area contributed by atoms with Crippen LogP contribution in [0.1, 0.15) is 21.7 Å². The molecule has 1 atom stereocenters. The van der Waals surface area contributed by atoms with Gasteiger partial charge in [0.1, 0.15) is 5.69 Å². The van der Waals surface area contributed by atoms with E-state index in [-0.39, 0.29) is 34.1 Å². The number of non-ortho nitro benzene ring substituents is 1. The van der Waals surface area contributed by atoms with Crippen LogP contribution in [0.15, 0.2) is 70.7 Å². The Hall–Kier alpha value is -3.55. The van der Waals surface area contributed by atoms with Gasteiger partial charge in [0.05, 0.1) is 26.6 Å². The molecule has 1 unspecified atom stereocenters. The Morgan fingerprint density at radius 3 is 2.24 bits per heavy atom. The van der Waals surface area contributed by atoms with E-state index in [9.17, 15) is 27.5 Å². The molecule has 1 heterocycles. The fourth-order valence-electron chi connectivity index (χ4n) is 2.83. The lowest BCUT2D eigenvalue weighted by Gasteiger charge is -2.22. The summed E-state index contributed by atoms with van der Waals surface area (Å²) in [5, 5.41) is 10.9. The molecule has 1 amide bonds. The predicted octanol–water partition coefficient (Wildman–Crippen LogP) is 2.35. The normalized spacial score (nSPS) is 12.2. The molecule has 13 heteroatoms. The van der Waals surface area contributed by atoms with Gasteiger partial charge in [-0.3, -0.25) is 19.9 Å². The Morgan fingerprint density at radius 1 is 1.09 bits per heavy atom. The highest BCUT2D eigenvalue weighted by Gasteiger charge is 2.31. The first kappa shape index (κ1) is 24.1. The van der Waals surface area contributed by atoms with Gasteiger partial charge in [-0.2, -0.15) is 0 Å². The molecule has 3 rings (SSSR count). The summed E-state index contributed by atoms with van der Waals surface area (Å²) in [5.74, 6) is -0.908. The summed E-state index contributed by atoms with van der Waals surface area (Å²) in [7, 11) is -4.39. The van der Waals surface area contributed by atoms with Gasteiger partial charge in [0.25, 0.3) is 21.6 Å². The number of sulfonamides is 1. The number of hydrogen-bond donors (Lipinski definition) is 1. The SMILES string of the molecule is Cc1cnc(C(=O)N(CCc2ccc(S(=O)O)cc2)S(=O)(=O)c2ccc([N+](=O)[O-])cc2)cn1. The fourth-order valence-corrected chi connectivity index (χ4v) is 4.58. The zero-order chi connectivity index (χ0) is 24.2. The van der Waals surface area contributed by atoms with E-state index in [0.717, 1.165) is 24.3 Å². The number of hydrogen-bond acceptors (Lipinski definition) is 8. The summed E-state index contributed by atoms with van der Waals surface area (Å²) in [4.78, 5) is 31.1. The first-order valence-electron chi connectivity index (χ1n) is 9.39. The van der Waals surface area contributed by atoms with E-state index >= 15 is 0 Å². The van der Waals surface area contributed by atoms with Gasteiger partial charge in [-0.05, 0) is 43.2 Å². The van der Waals surface area contributed by atoms with E-state index in [1.54, 1.807) is 19.1 Å². The smallest absolute Gasteiger partial charge is 0.287 e. The Bertz CT molecular complexity index is 1290. The zero-order valence-corrected chi connectivity index (χ0v) is 18.8. The van der Waals surface area contributed by atoms with Crippen molar-refractivity contribution < 1.29 is 26.9 Å². The van der Waals surface area contributed by atoms with Crippen molar-refractivity contribution >= 4 is 32.7 Å². The van der Waals surface area contributed by atoms with Crippen LogP contribution < -0.4 is 0 Å². The van der Waals surface area contributed by atoms with Crippen LogP contribution in [0.5, 0.6) is 0 Å². The van der Waals surface area contributed by atoms with E-state index in [0.29, 0.717) is 15.6 Å². The lowest BCUT2D eigenvalue weighted by atomic mass is 10.1. The summed E-state index contributed by atoms with van der Waals surface area (Å²) in [6.07, 6.45) is 2.61. The summed E-state index contributed by atoms with van der Waals surface area (Å²) in [6.45, 7) is 1.39. The molecule has 0 fully saturated rings. The summed E-state index contributed by atoms with van der Waals surface area (Å²) >= 11 is -2.15. The van der Waals surface area contributed by atoms with Crippen molar-refractivity contribution in [2.45, 2.75) is 23.1 Å². The van der Waals surface area contributed by atoms with E-state index in [4.69, 9.17) is 4.55 Å². The van der Waals surface area contributed by atoms with Crippen LogP contribution in [0.3, 0.4) is 0 Å². The molecular formula is C20H18N4O7S2. The maximum Gasteiger partial charge on any atom is 0.287 e. The topological polar surface area (TPSA) is 161 Å². The summed E-state index contributed by atoms with van der Waals surface area (Å²) in [5.41, 5.74) is 0.684. The maximum absolute atomic E-state index is 13.3. The Balaban J connectivity index is 1.94. The Morgan fingerprint density at radius 2 is 1.73 bits per heavy atom. The van der Waals surface area contributed by atoms with Crippen LogP contribution in [-0.2, 0) is 27.5 Å². The Labute approximate surface area is 191 Å². The van der Waals surface area contributed by atoms with E-state index < -0.39 is 31.9 Å². The highest BCUT2D eigenvalue weighted by molar-refractivity contribution is 7.89. The third-order valence-electron chi connectivity index (χ3n) is 4.59. The molecule has 0 saturated heterocycles. The first-order chi connectivity index (χ1) is 15.6. The molecule has 172 valence electrons. The van der Waals surface area contributed by atoms with Gasteiger partial charge in [0, 0.05) is 24.9 Å². The van der Waals surface area contributed by atoms with Crippen LogP contribution in [0.4, 0.5) is 5.69 Å². The number of benzene rings is 2. The molecule has 0 spiro atoms.